The van der Waals surface area contributed by atoms with Crippen LogP contribution in [0.15, 0.2) is 18.2 Å². The van der Waals surface area contributed by atoms with Crippen molar-refractivity contribution in [3.63, 3.8) is 0 Å². The van der Waals surface area contributed by atoms with E-state index in [1.165, 1.54) is 4.90 Å². The molecule has 24 heavy (non-hydrogen) atoms. The Hall–Kier alpha value is -1.93. The Kier molecular flexibility index (Phi) is 5.00. The molecule has 1 unspecified atom stereocenters. The van der Waals surface area contributed by atoms with Gasteiger partial charge >= 0.3 is 18.3 Å². The van der Waals surface area contributed by atoms with Crippen LogP contribution in [0.1, 0.15) is 30.4 Å². The van der Waals surface area contributed by atoms with Crippen LogP contribution in [0.5, 0.6) is 0 Å². The zero-order valence-corrected chi connectivity index (χ0v) is 12.4. The molecule has 1 atom stereocenters. The van der Waals surface area contributed by atoms with Gasteiger partial charge in [0.2, 0.25) is 0 Å². The summed E-state index contributed by atoms with van der Waals surface area (Å²) in [5.74, 6) is -1.04. The molecule has 0 saturated carbocycles. The molecule has 0 aromatic heterocycles. The van der Waals surface area contributed by atoms with Gasteiger partial charge in [0.15, 0.2) is 0 Å². The number of alkyl halides is 6. The van der Waals surface area contributed by atoms with Crippen molar-refractivity contribution in [2.75, 3.05) is 18.0 Å². The molecule has 1 aromatic carbocycles. The minimum Gasteiger partial charge on any atom is -0.481 e. The van der Waals surface area contributed by atoms with Gasteiger partial charge in [-0.05, 0) is 37.0 Å². The van der Waals surface area contributed by atoms with E-state index in [0.717, 1.165) is 0 Å². The van der Waals surface area contributed by atoms with Crippen molar-refractivity contribution >= 4 is 11.7 Å². The number of hydrogen-bond donors (Lipinski definition) is 1. The van der Waals surface area contributed by atoms with E-state index in [0.29, 0.717) is 31.5 Å². The molecule has 1 aromatic rings. The largest absolute Gasteiger partial charge is 0.481 e. The number of anilines is 1. The second-order valence-electron chi connectivity index (χ2n) is 5.80. The van der Waals surface area contributed by atoms with Gasteiger partial charge in [0.1, 0.15) is 0 Å². The Balaban J connectivity index is 2.25. The molecule has 1 fully saturated rings. The van der Waals surface area contributed by atoms with Crippen LogP contribution in [0, 0.1) is 5.92 Å². The highest BCUT2D eigenvalue weighted by atomic mass is 19.4. The van der Waals surface area contributed by atoms with E-state index >= 15 is 0 Å². The van der Waals surface area contributed by atoms with Gasteiger partial charge in [-0.2, -0.15) is 26.3 Å². The smallest absolute Gasteiger partial charge is 0.416 e. The predicted molar refractivity (Wildman–Crippen MR) is 73.6 cm³/mol. The molecule has 0 aliphatic carbocycles. The standard InChI is InChI=1S/C15H15F6NO2/c16-14(17,18)10-5-11(15(19,20)21)7-12(6-10)22-4-3-9(8-22)1-2-13(23)24/h5-7,9H,1-4,8H2,(H,23,24). The Morgan fingerprint density at radius 1 is 1.08 bits per heavy atom. The van der Waals surface area contributed by atoms with E-state index in [9.17, 15) is 31.1 Å². The Labute approximate surface area is 133 Å². The van der Waals surface area contributed by atoms with Crippen molar-refractivity contribution in [3.8, 4) is 0 Å². The van der Waals surface area contributed by atoms with E-state index in [2.05, 4.69) is 0 Å². The lowest BCUT2D eigenvalue weighted by atomic mass is 10.0. The summed E-state index contributed by atoms with van der Waals surface area (Å²) < 4.78 is 77.1. The van der Waals surface area contributed by atoms with Gasteiger partial charge in [-0.25, -0.2) is 0 Å². The van der Waals surface area contributed by atoms with Crippen LogP contribution in [0.3, 0.4) is 0 Å². The van der Waals surface area contributed by atoms with E-state index in [4.69, 9.17) is 5.11 Å². The number of halogens is 6. The first kappa shape index (κ1) is 18.4. The monoisotopic (exact) mass is 355 g/mol. The summed E-state index contributed by atoms with van der Waals surface area (Å²) in [7, 11) is 0. The fourth-order valence-electron chi connectivity index (χ4n) is 2.75. The van der Waals surface area contributed by atoms with Gasteiger partial charge in [0.25, 0.3) is 0 Å². The predicted octanol–water partition coefficient (Wildman–Crippen LogP) is 4.42. The van der Waals surface area contributed by atoms with Gasteiger partial charge < -0.3 is 10.0 Å². The molecule has 0 bridgehead atoms. The number of nitrogens with zero attached hydrogens (tertiary/aromatic N) is 1. The summed E-state index contributed by atoms with van der Waals surface area (Å²) in [5, 5.41) is 8.64. The minimum absolute atomic E-state index is 0.0648. The lowest BCUT2D eigenvalue weighted by Crippen LogP contribution is -2.22. The Bertz CT molecular complexity index is 579. The average molecular weight is 355 g/mol. The van der Waals surface area contributed by atoms with Gasteiger partial charge in [-0.1, -0.05) is 0 Å². The second kappa shape index (κ2) is 6.52. The average Bonchev–Trinajstić information content (AvgIpc) is 2.91. The number of rotatable bonds is 4. The SMILES string of the molecule is O=C(O)CCC1CCN(c2cc(C(F)(F)F)cc(C(F)(F)F)c2)C1. The van der Waals surface area contributed by atoms with Crippen LogP contribution < -0.4 is 4.90 Å². The maximum atomic E-state index is 12.9. The zero-order valence-electron chi connectivity index (χ0n) is 12.4. The van der Waals surface area contributed by atoms with Crippen LogP contribution >= 0.6 is 0 Å². The highest BCUT2D eigenvalue weighted by molar-refractivity contribution is 5.66. The first-order valence-electron chi connectivity index (χ1n) is 7.23. The third-order valence-corrected chi connectivity index (χ3v) is 3.99. The van der Waals surface area contributed by atoms with E-state index in [-0.39, 0.29) is 30.6 Å². The summed E-state index contributed by atoms with van der Waals surface area (Å²) in [6.45, 7) is 0.536. The first-order valence-corrected chi connectivity index (χ1v) is 7.23. The van der Waals surface area contributed by atoms with Crippen molar-refractivity contribution in [1.29, 1.82) is 0 Å². The fourth-order valence-corrected chi connectivity index (χ4v) is 2.75. The quantitative estimate of drug-likeness (QED) is 0.813. The van der Waals surface area contributed by atoms with Crippen molar-refractivity contribution in [2.45, 2.75) is 31.6 Å². The van der Waals surface area contributed by atoms with E-state index in [1.54, 1.807) is 0 Å². The van der Waals surface area contributed by atoms with Crippen molar-refractivity contribution < 1.29 is 36.2 Å². The summed E-state index contributed by atoms with van der Waals surface area (Å²) in [6.07, 6.45) is -8.95. The number of aliphatic carboxylic acids is 1. The topological polar surface area (TPSA) is 40.5 Å². The summed E-state index contributed by atoms with van der Waals surface area (Å²) in [6, 6.07) is 1.51. The molecule has 3 nitrogen and oxygen atoms in total. The molecular weight excluding hydrogens is 340 g/mol. The second-order valence-corrected chi connectivity index (χ2v) is 5.80. The van der Waals surface area contributed by atoms with Gasteiger partial charge in [0.05, 0.1) is 11.1 Å². The van der Waals surface area contributed by atoms with Crippen LogP contribution in [-0.2, 0) is 17.1 Å². The molecule has 134 valence electrons. The van der Waals surface area contributed by atoms with E-state index < -0.39 is 29.4 Å². The van der Waals surface area contributed by atoms with Crippen molar-refractivity contribution in [3.05, 3.63) is 29.3 Å². The summed E-state index contributed by atoms with van der Waals surface area (Å²) in [4.78, 5) is 12.0. The lowest BCUT2D eigenvalue weighted by Gasteiger charge is -2.22. The van der Waals surface area contributed by atoms with Crippen LogP contribution in [0.4, 0.5) is 32.0 Å². The van der Waals surface area contributed by atoms with Gasteiger partial charge in [-0.3, -0.25) is 4.79 Å². The molecular formula is C15H15F6NO2. The van der Waals surface area contributed by atoms with Gasteiger partial charge in [-0.15, -0.1) is 0 Å². The molecule has 2 rings (SSSR count). The lowest BCUT2D eigenvalue weighted by molar-refractivity contribution is -0.143. The highest BCUT2D eigenvalue weighted by Gasteiger charge is 2.38. The molecule has 1 N–H and O–H groups in total. The molecule has 1 aliphatic heterocycles. The van der Waals surface area contributed by atoms with Crippen molar-refractivity contribution in [1.82, 2.24) is 0 Å². The molecule has 0 amide bonds. The molecule has 1 saturated heterocycles. The molecule has 9 heteroatoms. The minimum atomic E-state index is -4.88. The van der Waals surface area contributed by atoms with E-state index in [1.807, 2.05) is 0 Å². The number of carboxylic acid groups (broad SMARTS) is 1. The molecule has 1 aliphatic rings. The summed E-state index contributed by atoms with van der Waals surface area (Å²) in [5.41, 5.74) is -2.84. The molecule has 0 spiro atoms. The summed E-state index contributed by atoms with van der Waals surface area (Å²) >= 11 is 0. The van der Waals surface area contributed by atoms with Gasteiger partial charge in [0, 0.05) is 25.2 Å². The molecule has 1 heterocycles. The normalized spacial score (nSPS) is 18.9. The third-order valence-electron chi connectivity index (χ3n) is 3.99. The van der Waals surface area contributed by atoms with Crippen molar-refractivity contribution in [2.24, 2.45) is 5.92 Å². The highest BCUT2D eigenvalue weighted by Crippen LogP contribution is 2.39. The van der Waals surface area contributed by atoms with Crippen LogP contribution in [0.2, 0.25) is 0 Å². The number of hydrogen-bond acceptors (Lipinski definition) is 2. The van der Waals surface area contributed by atoms with Crippen LogP contribution in [0.25, 0.3) is 0 Å². The Morgan fingerprint density at radius 2 is 1.62 bits per heavy atom. The first-order chi connectivity index (χ1) is 11.0. The van der Waals surface area contributed by atoms with Crippen LogP contribution in [-0.4, -0.2) is 24.2 Å². The maximum Gasteiger partial charge on any atom is 0.416 e. The molecule has 0 radical (unpaired) electrons. The third kappa shape index (κ3) is 4.55. The number of carboxylic acids is 1. The number of benzene rings is 1. The number of carbonyl (C=O) groups is 1. The fraction of sp³-hybridized carbons (Fsp3) is 0.533. The zero-order chi connectivity index (χ0) is 18.1. The maximum absolute atomic E-state index is 12.9. The Morgan fingerprint density at radius 3 is 2.08 bits per heavy atom.